The maximum Gasteiger partial charge on any atom is 0.325 e. The zero-order valence-corrected chi connectivity index (χ0v) is 8.93. The zero-order valence-electron chi connectivity index (χ0n) is 8.93. The van der Waals surface area contributed by atoms with Crippen LogP contribution in [0, 0.1) is 0 Å². The molecule has 0 aromatic heterocycles. The van der Waals surface area contributed by atoms with Gasteiger partial charge in [-0.15, -0.1) is 0 Å². The van der Waals surface area contributed by atoms with E-state index in [0.29, 0.717) is 6.42 Å². The summed E-state index contributed by atoms with van der Waals surface area (Å²) in [6.45, 7) is 1.46. The van der Waals surface area contributed by atoms with Gasteiger partial charge in [0.25, 0.3) is 0 Å². The molecule has 0 fully saturated rings. The number of aliphatic carboxylic acids is 1. The van der Waals surface area contributed by atoms with Crippen molar-refractivity contribution in [3.8, 4) is 0 Å². The number of benzene rings is 1. The van der Waals surface area contributed by atoms with Gasteiger partial charge in [-0.25, -0.2) is 0 Å². The topological polar surface area (TPSA) is 66.4 Å². The molecule has 1 aliphatic rings. The summed E-state index contributed by atoms with van der Waals surface area (Å²) in [5, 5.41) is 11.2. The van der Waals surface area contributed by atoms with Crippen molar-refractivity contribution in [1.82, 2.24) is 5.32 Å². The van der Waals surface area contributed by atoms with Crippen molar-refractivity contribution in [2.24, 2.45) is 0 Å². The maximum absolute atomic E-state index is 11.7. The third kappa shape index (κ3) is 1.78. The molecule has 1 aliphatic carbocycles. The number of fused-ring (bicyclic) bond motifs is 1. The second-order valence-electron chi connectivity index (χ2n) is 4.02. The van der Waals surface area contributed by atoms with E-state index in [-0.39, 0.29) is 11.8 Å². The molecule has 1 unspecified atom stereocenters. The SMILES string of the molecule is C[C@@H](NC(=O)C1Cc2ccccc21)C(=O)O. The maximum atomic E-state index is 11.7. The Labute approximate surface area is 93.3 Å². The van der Waals surface area contributed by atoms with E-state index >= 15 is 0 Å². The molecule has 0 aliphatic heterocycles. The number of rotatable bonds is 3. The molecular weight excluding hydrogens is 206 g/mol. The van der Waals surface area contributed by atoms with Crippen molar-refractivity contribution in [2.75, 3.05) is 0 Å². The molecule has 2 atom stereocenters. The Morgan fingerprint density at radius 3 is 2.75 bits per heavy atom. The van der Waals surface area contributed by atoms with Crippen LogP contribution in [-0.2, 0) is 16.0 Å². The molecule has 0 saturated heterocycles. The van der Waals surface area contributed by atoms with E-state index in [4.69, 9.17) is 5.11 Å². The smallest absolute Gasteiger partial charge is 0.325 e. The summed E-state index contributed by atoms with van der Waals surface area (Å²) in [5.74, 6) is -1.40. The predicted molar refractivity (Wildman–Crippen MR) is 58.1 cm³/mol. The lowest BCUT2D eigenvalue weighted by atomic mass is 9.77. The summed E-state index contributed by atoms with van der Waals surface area (Å²) in [6, 6.07) is 6.89. The summed E-state index contributed by atoms with van der Waals surface area (Å²) >= 11 is 0. The summed E-state index contributed by atoms with van der Waals surface area (Å²) in [5.41, 5.74) is 2.18. The van der Waals surface area contributed by atoms with Gasteiger partial charge in [-0.3, -0.25) is 9.59 Å². The van der Waals surface area contributed by atoms with Gasteiger partial charge < -0.3 is 10.4 Å². The van der Waals surface area contributed by atoms with Crippen LogP contribution in [0.3, 0.4) is 0 Å². The van der Waals surface area contributed by atoms with Crippen LogP contribution in [0.1, 0.15) is 24.0 Å². The first kappa shape index (κ1) is 10.7. The summed E-state index contributed by atoms with van der Waals surface area (Å²) < 4.78 is 0. The van der Waals surface area contributed by atoms with Gasteiger partial charge in [-0.05, 0) is 24.5 Å². The third-order valence-corrected chi connectivity index (χ3v) is 2.90. The Kier molecular flexibility index (Phi) is 2.64. The molecule has 84 valence electrons. The van der Waals surface area contributed by atoms with Crippen LogP contribution >= 0.6 is 0 Å². The molecule has 0 spiro atoms. The van der Waals surface area contributed by atoms with Gasteiger partial charge in [-0.2, -0.15) is 0 Å². The van der Waals surface area contributed by atoms with E-state index in [0.717, 1.165) is 5.56 Å². The Morgan fingerprint density at radius 2 is 2.12 bits per heavy atom. The van der Waals surface area contributed by atoms with Gasteiger partial charge in [0, 0.05) is 0 Å². The first-order valence-electron chi connectivity index (χ1n) is 5.20. The molecule has 0 heterocycles. The Morgan fingerprint density at radius 1 is 1.44 bits per heavy atom. The zero-order chi connectivity index (χ0) is 11.7. The second-order valence-corrected chi connectivity index (χ2v) is 4.02. The average molecular weight is 219 g/mol. The highest BCUT2D eigenvalue weighted by molar-refractivity contribution is 5.90. The van der Waals surface area contributed by atoms with Crippen LogP contribution in [0.4, 0.5) is 0 Å². The number of nitrogens with one attached hydrogen (secondary N) is 1. The molecule has 16 heavy (non-hydrogen) atoms. The molecule has 0 bridgehead atoms. The highest BCUT2D eigenvalue weighted by atomic mass is 16.4. The fourth-order valence-corrected chi connectivity index (χ4v) is 1.87. The minimum atomic E-state index is -1.01. The molecular formula is C12H13NO3. The molecule has 0 radical (unpaired) electrons. The summed E-state index contributed by atoms with van der Waals surface area (Å²) in [6.07, 6.45) is 0.703. The highest BCUT2D eigenvalue weighted by Crippen LogP contribution is 2.34. The minimum absolute atomic E-state index is 0.182. The standard InChI is InChI=1S/C12H13NO3/c1-7(12(15)16)13-11(14)10-6-8-4-2-3-5-9(8)10/h2-5,7,10H,6H2,1H3,(H,13,14)(H,15,16)/t7-,10?/m1/s1. The highest BCUT2D eigenvalue weighted by Gasteiger charge is 2.32. The van der Waals surface area contributed by atoms with Gasteiger partial charge in [-0.1, -0.05) is 24.3 Å². The van der Waals surface area contributed by atoms with Crippen molar-refractivity contribution in [1.29, 1.82) is 0 Å². The second kappa shape index (κ2) is 3.96. The van der Waals surface area contributed by atoms with Gasteiger partial charge >= 0.3 is 5.97 Å². The molecule has 1 amide bonds. The number of carboxylic acid groups (broad SMARTS) is 1. The van der Waals surface area contributed by atoms with Gasteiger partial charge in [0.1, 0.15) is 6.04 Å². The van der Waals surface area contributed by atoms with Gasteiger partial charge in [0.05, 0.1) is 5.92 Å². The molecule has 2 rings (SSSR count). The normalized spacial score (nSPS) is 19.2. The van der Waals surface area contributed by atoms with Crippen molar-refractivity contribution < 1.29 is 14.7 Å². The van der Waals surface area contributed by atoms with E-state index in [9.17, 15) is 9.59 Å². The summed E-state index contributed by atoms with van der Waals surface area (Å²) in [7, 11) is 0. The molecule has 1 aromatic carbocycles. The molecule has 4 heteroatoms. The van der Waals surface area contributed by atoms with Crippen molar-refractivity contribution in [2.45, 2.75) is 25.3 Å². The van der Waals surface area contributed by atoms with Crippen LogP contribution in [0.15, 0.2) is 24.3 Å². The lowest BCUT2D eigenvalue weighted by Crippen LogP contribution is -2.43. The van der Waals surface area contributed by atoms with Gasteiger partial charge in [0.15, 0.2) is 0 Å². The predicted octanol–water partition coefficient (Wildman–Crippen LogP) is 0.916. The van der Waals surface area contributed by atoms with E-state index in [1.54, 1.807) is 0 Å². The van der Waals surface area contributed by atoms with Crippen LogP contribution in [0.5, 0.6) is 0 Å². The largest absolute Gasteiger partial charge is 0.480 e. The number of carboxylic acids is 1. The van der Waals surface area contributed by atoms with Crippen LogP contribution in [-0.4, -0.2) is 23.0 Å². The van der Waals surface area contributed by atoms with E-state index in [2.05, 4.69) is 5.32 Å². The molecule has 1 aromatic rings. The fraction of sp³-hybridized carbons (Fsp3) is 0.333. The quantitative estimate of drug-likeness (QED) is 0.794. The minimum Gasteiger partial charge on any atom is -0.480 e. The number of amides is 1. The van der Waals surface area contributed by atoms with Crippen molar-refractivity contribution in [3.05, 3.63) is 35.4 Å². The van der Waals surface area contributed by atoms with E-state index in [1.165, 1.54) is 12.5 Å². The summed E-state index contributed by atoms with van der Waals surface area (Å²) in [4.78, 5) is 22.3. The number of hydrogen-bond donors (Lipinski definition) is 2. The van der Waals surface area contributed by atoms with Crippen molar-refractivity contribution in [3.63, 3.8) is 0 Å². The lowest BCUT2D eigenvalue weighted by molar-refractivity contribution is -0.141. The van der Waals surface area contributed by atoms with E-state index < -0.39 is 12.0 Å². The first-order valence-corrected chi connectivity index (χ1v) is 5.20. The van der Waals surface area contributed by atoms with E-state index in [1.807, 2.05) is 24.3 Å². The molecule has 0 saturated carbocycles. The monoisotopic (exact) mass is 219 g/mol. The Bertz CT molecular complexity index is 442. The Hall–Kier alpha value is -1.84. The van der Waals surface area contributed by atoms with Crippen LogP contribution < -0.4 is 5.32 Å². The number of carbonyl (C=O) groups is 2. The average Bonchev–Trinajstić information content (AvgIpc) is 2.19. The Balaban J connectivity index is 2.02. The van der Waals surface area contributed by atoms with Crippen LogP contribution in [0.2, 0.25) is 0 Å². The number of carbonyl (C=O) groups excluding carboxylic acids is 1. The van der Waals surface area contributed by atoms with Gasteiger partial charge in [0.2, 0.25) is 5.91 Å². The fourth-order valence-electron chi connectivity index (χ4n) is 1.87. The molecule has 2 N–H and O–H groups in total. The first-order chi connectivity index (χ1) is 7.59. The third-order valence-electron chi connectivity index (χ3n) is 2.90. The number of hydrogen-bond acceptors (Lipinski definition) is 2. The molecule has 4 nitrogen and oxygen atoms in total. The van der Waals surface area contributed by atoms with Crippen LogP contribution in [0.25, 0.3) is 0 Å². The van der Waals surface area contributed by atoms with Crippen molar-refractivity contribution >= 4 is 11.9 Å². The lowest BCUT2D eigenvalue weighted by Gasteiger charge is -2.29.